The number of hydrogen-bond donors (Lipinski definition) is 3. The first kappa shape index (κ1) is 90.1. The Kier molecular flexibility index (Phi) is 61.3. The highest BCUT2D eigenvalue weighted by atomic mass is 31.2. The van der Waals surface area contributed by atoms with Gasteiger partial charge in [0.1, 0.15) is 19.3 Å². The molecule has 0 aliphatic heterocycles. The van der Waals surface area contributed by atoms with Gasteiger partial charge in [-0.1, -0.05) is 312 Å². The van der Waals surface area contributed by atoms with Crippen molar-refractivity contribution in [3.05, 3.63) is 0 Å². The second-order valence-electron chi connectivity index (χ2n) is 28.2. The SMILES string of the molecule is CC(C)CCCCCCCCCCCCCCC(=O)O[C@H](COC(=O)CCCCCCCCCCCCC(C)C)COP(=O)(O)OC[C@@H](O)COP(=O)(O)OC[C@@H](COC(=O)CCCCCCCCCCCC(C)C)OC(=O)CCCCCCCCCCCC(C)C. The van der Waals surface area contributed by atoms with E-state index >= 15 is 0 Å². The maximum absolute atomic E-state index is 13.1. The Labute approximate surface area is 562 Å². The van der Waals surface area contributed by atoms with E-state index in [-0.39, 0.29) is 25.7 Å². The van der Waals surface area contributed by atoms with E-state index in [0.29, 0.717) is 25.7 Å². The third-order valence-electron chi connectivity index (χ3n) is 16.8. The molecule has 0 spiro atoms. The lowest BCUT2D eigenvalue weighted by molar-refractivity contribution is -0.161. The molecule has 0 heterocycles. The van der Waals surface area contributed by atoms with Crippen LogP contribution in [-0.2, 0) is 65.4 Å². The highest BCUT2D eigenvalue weighted by Gasteiger charge is 2.30. The number of rotatable bonds is 70. The number of phosphoric acid groups is 2. The van der Waals surface area contributed by atoms with Gasteiger partial charge in [0.2, 0.25) is 0 Å². The van der Waals surface area contributed by atoms with E-state index in [1.807, 2.05) is 0 Å². The summed E-state index contributed by atoms with van der Waals surface area (Å²) < 4.78 is 68.4. The zero-order valence-corrected chi connectivity index (χ0v) is 62.0. The lowest BCUT2D eigenvalue weighted by Crippen LogP contribution is -2.30. The summed E-state index contributed by atoms with van der Waals surface area (Å²) in [4.78, 5) is 72.7. The van der Waals surface area contributed by atoms with Crippen LogP contribution in [0.15, 0.2) is 0 Å². The Morgan fingerprint density at radius 1 is 0.272 bits per heavy atom. The molecule has 0 fully saturated rings. The monoisotopic (exact) mass is 1350 g/mol. The fraction of sp³-hybridized carbons (Fsp3) is 0.945. The summed E-state index contributed by atoms with van der Waals surface area (Å²) >= 11 is 0. The van der Waals surface area contributed by atoms with Gasteiger partial charge in [0.05, 0.1) is 26.4 Å². The number of unbranched alkanes of at least 4 members (excludes halogenated alkanes) is 36. The fourth-order valence-electron chi connectivity index (χ4n) is 11.0. The molecule has 19 heteroatoms. The molecule has 92 heavy (non-hydrogen) atoms. The second kappa shape index (κ2) is 62.6. The lowest BCUT2D eigenvalue weighted by atomic mass is 10.0. The summed E-state index contributed by atoms with van der Waals surface area (Å²) in [6, 6.07) is 0. The van der Waals surface area contributed by atoms with Crippen LogP contribution >= 0.6 is 15.6 Å². The van der Waals surface area contributed by atoms with Crippen molar-refractivity contribution in [3.8, 4) is 0 Å². The molecular weight excluding hydrogens is 1210 g/mol. The van der Waals surface area contributed by atoms with Gasteiger partial charge in [-0.15, -0.1) is 0 Å². The predicted octanol–water partition coefficient (Wildman–Crippen LogP) is 20.9. The van der Waals surface area contributed by atoms with E-state index in [0.717, 1.165) is 114 Å². The standard InChI is InChI=1S/C73H142O17P2/c1-63(2)49-41-33-25-17-11-9-10-12-22-31-39-47-55-72(77)89-68(59-83-70(75)53-45-37-29-21-14-13-18-26-34-42-50-64(3)4)61-87-91(79,80)85-57-67(74)58-86-92(81,82)88-62-69(90-73(78)56-48-40-32-24-16-20-28-36-44-52-66(7)8)60-84-71(76)54-46-38-30-23-15-19-27-35-43-51-65(5)6/h63-69,74H,9-62H2,1-8H3,(H,79,80)(H,81,82)/t67-,68-,69-/m1/s1. The zero-order chi connectivity index (χ0) is 68.2. The van der Waals surface area contributed by atoms with Gasteiger partial charge in [0, 0.05) is 25.7 Å². The van der Waals surface area contributed by atoms with Gasteiger partial charge in [-0.3, -0.25) is 37.3 Å². The molecule has 0 aromatic heterocycles. The Balaban J connectivity index is 5.27. The van der Waals surface area contributed by atoms with Crippen LogP contribution < -0.4 is 0 Å². The van der Waals surface area contributed by atoms with Crippen molar-refractivity contribution in [3.63, 3.8) is 0 Å². The second-order valence-corrected chi connectivity index (χ2v) is 31.1. The average Bonchev–Trinajstić information content (AvgIpc) is 3.10. The van der Waals surface area contributed by atoms with Crippen LogP contribution in [0, 0.1) is 23.7 Å². The van der Waals surface area contributed by atoms with E-state index in [4.69, 9.17) is 37.0 Å². The summed E-state index contributed by atoms with van der Waals surface area (Å²) in [5.41, 5.74) is 0. The van der Waals surface area contributed by atoms with Gasteiger partial charge in [-0.05, 0) is 49.4 Å². The molecule has 2 unspecified atom stereocenters. The summed E-state index contributed by atoms with van der Waals surface area (Å²) in [5, 5.41) is 10.6. The van der Waals surface area contributed by atoms with Gasteiger partial charge >= 0.3 is 39.5 Å². The van der Waals surface area contributed by atoms with Crippen molar-refractivity contribution >= 4 is 39.5 Å². The van der Waals surface area contributed by atoms with Crippen LogP contribution in [0.25, 0.3) is 0 Å². The van der Waals surface area contributed by atoms with Crippen LogP contribution in [0.4, 0.5) is 0 Å². The third kappa shape index (κ3) is 66.7. The van der Waals surface area contributed by atoms with Crippen LogP contribution in [-0.4, -0.2) is 96.7 Å². The molecule has 0 saturated carbocycles. The summed E-state index contributed by atoms with van der Waals surface area (Å²) in [7, 11) is -9.91. The molecule has 0 aliphatic rings. The number of hydrogen-bond acceptors (Lipinski definition) is 15. The number of esters is 4. The molecule has 0 aliphatic carbocycles. The van der Waals surface area contributed by atoms with Gasteiger partial charge in [0.25, 0.3) is 0 Å². The minimum Gasteiger partial charge on any atom is -0.462 e. The quantitative estimate of drug-likeness (QED) is 0.0222. The summed E-state index contributed by atoms with van der Waals surface area (Å²) in [6.07, 6.45) is 45.8. The van der Waals surface area contributed by atoms with Crippen molar-refractivity contribution in [2.75, 3.05) is 39.6 Å². The molecule has 0 amide bonds. The van der Waals surface area contributed by atoms with Gasteiger partial charge in [0.15, 0.2) is 12.2 Å². The predicted molar refractivity (Wildman–Crippen MR) is 372 cm³/mol. The Morgan fingerprint density at radius 3 is 0.674 bits per heavy atom. The van der Waals surface area contributed by atoms with E-state index in [1.165, 1.54) is 167 Å². The number of carbonyl (C=O) groups is 4. The number of aliphatic hydroxyl groups is 1. The molecule has 0 saturated heterocycles. The molecule has 0 bridgehead atoms. The molecule has 3 N–H and O–H groups in total. The maximum atomic E-state index is 13.1. The van der Waals surface area contributed by atoms with E-state index < -0.39 is 97.5 Å². The smallest absolute Gasteiger partial charge is 0.462 e. The fourth-order valence-corrected chi connectivity index (χ4v) is 12.6. The number of aliphatic hydroxyl groups excluding tert-OH is 1. The van der Waals surface area contributed by atoms with E-state index in [2.05, 4.69) is 55.4 Å². The van der Waals surface area contributed by atoms with Crippen molar-refractivity contribution < 1.29 is 80.2 Å². The lowest BCUT2D eigenvalue weighted by Gasteiger charge is -2.21. The van der Waals surface area contributed by atoms with Crippen LogP contribution in [0.3, 0.4) is 0 Å². The van der Waals surface area contributed by atoms with Crippen LogP contribution in [0.1, 0.15) is 364 Å². The molecule has 0 rings (SSSR count). The van der Waals surface area contributed by atoms with Crippen LogP contribution in [0.2, 0.25) is 0 Å². The Hall–Kier alpha value is -1.94. The number of phosphoric ester groups is 2. The molecule has 17 nitrogen and oxygen atoms in total. The Morgan fingerprint density at radius 2 is 0.457 bits per heavy atom. The van der Waals surface area contributed by atoms with E-state index in [1.54, 1.807) is 0 Å². The van der Waals surface area contributed by atoms with Gasteiger partial charge in [-0.2, -0.15) is 0 Å². The molecule has 0 radical (unpaired) electrons. The zero-order valence-electron chi connectivity index (χ0n) is 60.2. The maximum Gasteiger partial charge on any atom is 0.472 e. The summed E-state index contributed by atoms with van der Waals surface area (Å²) in [5.74, 6) is 0.891. The molecular formula is C73H142O17P2. The minimum atomic E-state index is -4.96. The largest absolute Gasteiger partial charge is 0.472 e. The summed E-state index contributed by atoms with van der Waals surface area (Å²) in [6.45, 7) is 14.1. The molecule has 0 aromatic carbocycles. The Bertz CT molecular complexity index is 1820. The van der Waals surface area contributed by atoms with Crippen molar-refractivity contribution in [1.82, 2.24) is 0 Å². The first-order valence-electron chi connectivity index (χ1n) is 37.7. The van der Waals surface area contributed by atoms with Gasteiger partial charge in [-0.25, -0.2) is 9.13 Å². The molecule has 5 atom stereocenters. The third-order valence-corrected chi connectivity index (χ3v) is 18.7. The molecule has 0 aromatic rings. The normalized spacial score (nSPS) is 14.2. The van der Waals surface area contributed by atoms with Crippen molar-refractivity contribution in [2.45, 2.75) is 382 Å². The van der Waals surface area contributed by atoms with Crippen molar-refractivity contribution in [2.24, 2.45) is 23.7 Å². The van der Waals surface area contributed by atoms with Gasteiger partial charge < -0.3 is 33.8 Å². The van der Waals surface area contributed by atoms with E-state index in [9.17, 15) is 43.2 Å². The first-order valence-corrected chi connectivity index (χ1v) is 40.7. The number of carbonyl (C=O) groups excluding carboxylic acids is 4. The van der Waals surface area contributed by atoms with Crippen LogP contribution in [0.5, 0.6) is 0 Å². The topological polar surface area (TPSA) is 237 Å². The minimum absolute atomic E-state index is 0.104. The molecule has 546 valence electrons. The first-order chi connectivity index (χ1) is 44.1. The highest BCUT2D eigenvalue weighted by molar-refractivity contribution is 7.47. The van der Waals surface area contributed by atoms with Crippen molar-refractivity contribution in [1.29, 1.82) is 0 Å². The average molecular weight is 1350 g/mol. The highest BCUT2D eigenvalue weighted by Crippen LogP contribution is 2.45. The number of ether oxygens (including phenoxy) is 4.